The summed E-state index contributed by atoms with van der Waals surface area (Å²) in [5.74, 6) is 0.788. The quantitative estimate of drug-likeness (QED) is 0.713. The summed E-state index contributed by atoms with van der Waals surface area (Å²) in [4.78, 5) is 4.37. The Labute approximate surface area is 90.9 Å². The van der Waals surface area contributed by atoms with Gasteiger partial charge in [-0.1, -0.05) is 5.16 Å². The number of nitrogens with zero attached hydrogens (tertiary/aromatic N) is 4. The molecule has 0 radical (unpaired) electrons. The summed E-state index contributed by atoms with van der Waals surface area (Å²) in [6.07, 6.45) is 5.11. The second-order valence-corrected chi connectivity index (χ2v) is 3.29. The van der Waals surface area contributed by atoms with Crippen LogP contribution in [0.4, 0.5) is 5.82 Å². The molecule has 0 fully saturated rings. The maximum absolute atomic E-state index is 4.74. The van der Waals surface area contributed by atoms with Gasteiger partial charge in [-0.05, 0) is 6.07 Å². The van der Waals surface area contributed by atoms with Crippen LogP contribution in [0.5, 0.6) is 0 Å². The summed E-state index contributed by atoms with van der Waals surface area (Å²) in [5, 5.41) is 11.0. The van der Waals surface area contributed by atoms with Crippen LogP contribution in [0.25, 0.3) is 5.65 Å². The summed E-state index contributed by atoms with van der Waals surface area (Å²) in [6, 6.07) is 5.52. The second kappa shape index (κ2) is 3.65. The fraction of sp³-hybridized carbons (Fsp3) is 0.100. The number of anilines is 1. The molecule has 0 unspecified atom stereocenters. The number of rotatable bonds is 3. The van der Waals surface area contributed by atoms with Gasteiger partial charge in [-0.2, -0.15) is 5.10 Å². The zero-order chi connectivity index (χ0) is 10.8. The van der Waals surface area contributed by atoms with E-state index in [-0.39, 0.29) is 0 Å². The van der Waals surface area contributed by atoms with E-state index >= 15 is 0 Å². The summed E-state index contributed by atoms with van der Waals surface area (Å²) in [7, 11) is 0. The van der Waals surface area contributed by atoms with Crippen LogP contribution in [0.1, 0.15) is 5.69 Å². The molecule has 0 aromatic carbocycles. The first-order valence-corrected chi connectivity index (χ1v) is 4.85. The fourth-order valence-electron chi connectivity index (χ4n) is 1.42. The number of nitrogens with one attached hydrogen (secondary N) is 1. The highest BCUT2D eigenvalue weighted by Gasteiger charge is 1.99. The fourth-order valence-corrected chi connectivity index (χ4v) is 1.42. The molecule has 6 heteroatoms. The van der Waals surface area contributed by atoms with Gasteiger partial charge in [0, 0.05) is 18.3 Å². The van der Waals surface area contributed by atoms with Crippen LogP contribution in [-0.4, -0.2) is 19.8 Å². The monoisotopic (exact) mass is 215 g/mol. The summed E-state index contributed by atoms with van der Waals surface area (Å²) >= 11 is 0. The van der Waals surface area contributed by atoms with Gasteiger partial charge in [0.1, 0.15) is 17.8 Å². The molecule has 3 heterocycles. The Hall–Kier alpha value is -2.37. The Morgan fingerprint density at radius 1 is 1.31 bits per heavy atom. The summed E-state index contributed by atoms with van der Waals surface area (Å²) in [5.41, 5.74) is 1.65. The molecule has 80 valence electrons. The van der Waals surface area contributed by atoms with Gasteiger partial charge in [0.05, 0.1) is 12.7 Å². The third kappa shape index (κ3) is 1.60. The van der Waals surface area contributed by atoms with Crippen molar-refractivity contribution in [3.63, 3.8) is 0 Å². The van der Waals surface area contributed by atoms with E-state index in [9.17, 15) is 0 Å². The normalized spacial score (nSPS) is 10.8. The molecule has 3 aromatic rings. The van der Waals surface area contributed by atoms with Crippen LogP contribution in [0.2, 0.25) is 0 Å². The van der Waals surface area contributed by atoms with Gasteiger partial charge in [-0.15, -0.1) is 0 Å². The first-order chi connectivity index (χ1) is 7.92. The topological polar surface area (TPSA) is 68.2 Å². The van der Waals surface area contributed by atoms with Crippen molar-refractivity contribution >= 4 is 11.5 Å². The van der Waals surface area contributed by atoms with E-state index in [4.69, 9.17) is 4.52 Å². The van der Waals surface area contributed by atoms with Crippen molar-refractivity contribution in [1.29, 1.82) is 0 Å². The van der Waals surface area contributed by atoms with Crippen LogP contribution in [0.3, 0.4) is 0 Å². The van der Waals surface area contributed by atoms with Crippen molar-refractivity contribution in [2.24, 2.45) is 0 Å². The van der Waals surface area contributed by atoms with Crippen LogP contribution >= 0.6 is 0 Å². The highest BCUT2D eigenvalue weighted by atomic mass is 16.5. The molecular weight excluding hydrogens is 206 g/mol. The lowest BCUT2D eigenvalue weighted by molar-refractivity contribution is 0.412. The van der Waals surface area contributed by atoms with Gasteiger partial charge >= 0.3 is 0 Å². The van der Waals surface area contributed by atoms with E-state index in [2.05, 4.69) is 20.6 Å². The molecule has 0 saturated heterocycles. The number of fused-ring (bicyclic) bond motifs is 1. The molecule has 0 spiro atoms. The lowest BCUT2D eigenvalue weighted by Gasteiger charge is -2.02. The smallest absolute Gasteiger partial charge is 0.157 e. The molecule has 0 atom stereocenters. The third-order valence-corrected chi connectivity index (χ3v) is 2.20. The van der Waals surface area contributed by atoms with Gasteiger partial charge in [-0.3, -0.25) is 0 Å². The van der Waals surface area contributed by atoms with Crippen molar-refractivity contribution in [3.05, 3.63) is 42.5 Å². The SMILES string of the molecule is c1cc2nc(NCc3ccon3)ccn2n1. The molecule has 0 aliphatic carbocycles. The molecule has 3 rings (SSSR count). The lowest BCUT2D eigenvalue weighted by Crippen LogP contribution is -2.02. The Morgan fingerprint density at radius 3 is 3.19 bits per heavy atom. The van der Waals surface area contributed by atoms with Crippen molar-refractivity contribution in [3.8, 4) is 0 Å². The predicted octanol–water partition coefficient (Wildman–Crippen LogP) is 1.33. The summed E-state index contributed by atoms with van der Waals surface area (Å²) < 4.78 is 6.45. The zero-order valence-corrected chi connectivity index (χ0v) is 8.37. The Balaban J connectivity index is 1.78. The van der Waals surface area contributed by atoms with Crippen LogP contribution < -0.4 is 5.32 Å². The van der Waals surface area contributed by atoms with E-state index in [1.165, 1.54) is 0 Å². The van der Waals surface area contributed by atoms with E-state index in [1.54, 1.807) is 17.0 Å². The maximum atomic E-state index is 4.74. The van der Waals surface area contributed by atoms with E-state index < -0.39 is 0 Å². The Morgan fingerprint density at radius 2 is 2.31 bits per heavy atom. The van der Waals surface area contributed by atoms with Crippen molar-refractivity contribution < 1.29 is 4.52 Å². The minimum atomic E-state index is 0.591. The maximum Gasteiger partial charge on any atom is 0.157 e. The largest absolute Gasteiger partial charge is 0.364 e. The van der Waals surface area contributed by atoms with Crippen molar-refractivity contribution in [1.82, 2.24) is 19.8 Å². The molecule has 6 nitrogen and oxygen atoms in total. The van der Waals surface area contributed by atoms with E-state index in [0.29, 0.717) is 6.54 Å². The van der Waals surface area contributed by atoms with Crippen LogP contribution in [-0.2, 0) is 6.54 Å². The van der Waals surface area contributed by atoms with Gasteiger partial charge in [-0.25, -0.2) is 9.50 Å². The summed E-state index contributed by atoms with van der Waals surface area (Å²) in [6.45, 7) is 0.591. The minimum Gasteiger partial charge on any atom is -0.364 e. The van der Waals surface area contributed by atoms with Crippen molar-refractivity contribution in [2.45, 2.75) is 6.54 Å². The standard InChI is InChI=1S/C10H9N5O/c1-4-12-15-5-2-9(13-10(1)15)11-7-8-3-6-16-14-8/h1-6H,7H2,(H,11,13). The highest BCUT2D eigenvalue weighted by Crippen LogP contribution is 2.07. The third-order valence-electron chi connectivity index (χ3n) is 2.20. The lowest BCUT2D eigenvalue weighted by atomic mass is 10.4. The molecule has 3 aromatic heterocycles. The van der Waals surface area contributed by atoms with Gasteiger partial charge < -0.3 is 9.84 Å². The first kappa shape index (κ1) is 8.90. The van der Waals surface area contributed by atoms with Crippen molar-refractivity contribution in [2.75, 3.05) is 5.32 Å². The molecule has 0 bridgehead atoms. The van der Waals surface area contributed by atoms with Gasteiger partial charge in [0.2, 0.25) is 0 Å². The minimum absolute atomic E-state index is 0.591. The molecule has 0 aliphatic rings. The average Bonchev–Trinajstić information content (AvgIpc) is 2.97. The molecule has 1 N–H and O–H groups in total. The molecule has 16 heavy (non-hydrogen) atoms. The number of hydrogen-bond donors (Lipinski definition) is 1. The Kier molecular flexibility index (Phi) is 2.03. The molecule has 0 saturated carbocycles. The number of aromatic nitrogens is 4. The van der Waals surface area contributed by atoms with E-state index in [1.807, 2.05) is 24.4 Å². The zero-order valence-electron chi connectivity index (χ0n) is 8.37. The van der Waals surface area contributed by atoms with Crippen LogP contribution in [0, 0.1) is 0 Å². The molecule has 0 amide bonds. The van der Waals surface area contributed by atoms with Gasteiger partial charge in [0.25, 0.3) is 0 Å². The average molecular weight is 215 g/mol. The molecular formula is C10H9N5O. The van der Waals surface area contributed by atoms with Gasteiger partial charge in [0.15, 0.2) is 5.65 Å². The molecule has 0 aliphatic heterocycles. The number of hydrogen-bond acceptors (Lipinski definition) is 5. The first-order valence-electron chi connectivity index (χ1n) is 4.85. The van der Waals surface area contributed by atoms with Crippen LogP contribution in [0.15, 0.2) is 41.4 Å². The second-order valence-electron chi connectivity index (χ2n) is 3.29. The Bertz CT molecular complexity index is 586. The highest BCUT2D eigenvalue weighted by molar-refractivity contribution is 5.45. The van der Waals surface area contributed by atoms with E-state index in [0.717, 1.165) is 17.2 Å². The predicted molar refractivity (Wildman–Crippen MR) is 56.8 cm³/mol.